The third-order valence-electron chi connectivity index (χ3n) is 7.16. The monoisotopic (exact) mass is 279 g/mol. The number of rotatable bonds is 5. The largest absolute Gasteiger partial charge is 0.373 e. The Bertz CT molecular complexity index is 347. The molecule has 0 aromatic carbocycles. The Labute approximate surface area is 125 Å². The minimum Gasteiger partial charge on any atom is -0.373 e. The van der Waals surface area contributed by atoms with E-state index in [1.165, 1.54) is 44.9 Å². The van der Waals surface area contributed by atoms with Crippen LogP contribution in [0, 0.1) is 16.7 Å². The van der Waals surface area contributed by atoms with Gasteiger partial charge in [0.15, 0.2) is 0 Å². The van der Waals surface area contributed by atoms with Crippen LogP contribution in [0.1, 0.15) is 72.6 Å². The van der Waals surface area contributed by atoms with Crippen LogP contribution < -0.4 is 5.32 Å². The van der Waals surface area contributed by atoms with Crippen molar-refractivity contribution in [2.24, 2.45) is 16.7 Å². The first kappa shape index (κ1) is 14.8. The van der Waals surface area contributed by atoms with Gasteiger partial charge in [-0.3, -0.25) is 0 Å². The summed E-state index contributed by atoms with van der Waals surface area (Å²) in [6.45, 7) is 10.7. The Kier molecular flexibility index (Phi) is 3.92. The Morgan fingerprint density at radius 2 is 1.85 bits per heavy atom. The molecule has 116 valence electrons. The highest BCUT2D eigenvalue weighted by Gasteiger charge is 2.62. The van der Waals surface area contributed by atoms with Gasteiger partial charge in [0.05, 0.1) is 12.2 Å². The summed E-state index contributed by atoms with van der Waals surface area (Å²) in [5, 5.41) is 3.71. The minimum atomic E-state index is 0.354. The third kappa shape index (κ3) is 2.33. The molecule has 0 aromatic rings. The first-order valence-electron chi connectivity index (χ1n) is 8.82. The van der Waals surface area contributed by atoms with Gasteiger partial charge < -0.3 is 10.1 Å². The standard InChI is InChI=1S/C18H33NO/c1-13(12-19-15-7-5-6-8-15)20-16-11-14-9-10-18(16,4)17(14,2)3/h13-16,19H,5-12H2,1-4H3. The quantitative estimate of drug-likeness (QED) is 0.816. The molecule has 0 heterocycles. The number of ether oxygens (including phenoxy) is 1. The van der Waals surface area contributed by atoms with Crippen LogP contribution in [0.4, 0.5) is 0 Å². The van der Waals surface area contributed by atoms with E-state index in [1.54, 1.807) is 0 Å². The van der Waals surface area contributed by atoms with Gasteiger partial charge in [-0.05, 0) is 55.8 Å². The van der Waals surface area contributed by atoms with Gasteiger partial charge in [-0.15, -0.1) is 0 Å². The van der Waals surface area contributed by atoms with Crippen LogP contribution >= 0.6 is 0 Å². The van der Waals surface area contributed by atoms with Crippen molar-refractivity contribution >= 4 is 0 Å². The number of fused-ring (bicyclic) bond motifs is 2. The van der Waals surface area contributed by atoms with E-state index >= 15 is 0 Å². The van der Waals surface area contributed by atoms with Crippen molar-refractivity contribution < 1.29 is 4.74 Å². The van der Waals surface area contributed by atoms with Crippen molar-refractivity contribution in [3.8, 4) is 0 Å². The molecule has 2 heteroatoms. The third-order valence-corrected chi connectivity index (χ3v) is 7.16. The summed E-state index contributed by atoms with van der Waals surface area (Å²) in [6.07, 6.45) is 10.4. The summed E-state index contributed by atoms with van der Waals surface area (Å²) in [4.78, 5) is 0. The van der Waals surface area contributed by atoms with E-state index < -0.39 is 0 Å². The van der Waals surface area contributed by atoms with Gasteiger partial charge in [0.2, 0.25) is 0 Å². The topological polar surface area (TPSA) is 21.3 Å². The summed E-state index contributed by atoms with van der Waals surface area (Å²) in [5.74, 6) is 0.882. The Balaban J connectivity index is 1.51. The molecular formula is C18H33NO. The molecule has 4 atom stereocenters. The fourth-order valence-corrected chi connectivity index (χ4v) is 5.13. The lowest BCUT2D eigenvalue weighted by Crippen LogP contribution is -2.41. The molecule has 4 unspecified atom stereocenters. The molecule has 0 saturated heterocycles. The number of hydrogen-bond acceptors (Lipinski definition) is 2. The van der Waals surface area contributed by atoms with Gasteiger partial charge in [0, 0.05) is 12.6 Å². The lowest BCUT2D eigenvalue weighted by molar-refractivity contribution is -0.0796. The molecule has 3 rings (SSSR count). The van der Waals surface area contributed by atoms with Crippen molar-refractivity contribution in [1.29, 1.82) is 0 Å². The van der Waals surface area contributed by atoms with Crippen LogP contribution in [-0.4, -0.2) is 24.8 Å². The molecule has 3 saturated carbocycles. The Morgan fingerprint density at radius 1 is 1.15 bits per heavy atom. The molecule has 0 aliphatic heterocycles. The highest BCUT2D eigenvalue weighted by atomic mass is 16.5. The highest BCUT2D eigenvalue weighted by molar-refractivity contribution is 5.11. The van der Waals surface area contributed by atoms with E-state index in [2.05, 4.69) is 33.0 Å². The molecule has 3 aliphatic rings. The molecule has 0 radical (unpaired) electrons. The van der Waals surface area contributed by atoms with Crippen LogP contribution in [0.5, 0.6) is 0 Å². The first-order valence-corrected chi connectivity index (χ1v) is 8.82. The number of nitrogens with one attached hydrogen (secondary N) is 1. The van der Waals surface area contributed by atoms with Gasteiger partial charge in [-0.1, -0.05) is 33.6 Å². The lowest BCUT2D eigenvalue weighted by atomic mass is 9.70. The molecule has 3 aliphatic carbocycles. The van der Waals surface area contributed by atoms with Crippen molar-refractivity contribution in [2.45, 2.75) is 90.9 Å². The zero-order chi connectivity index (χ0) is 14.4. The second kappa shape index (κ2) is 5.28. The molecule has 1 N–H and O–H groups in total. The van der Waals surface area contributed by atoms with Crippen molar-refractivity contribution in [2.75, 3.05) is 6.54 Å². The smallest absolute Gasteiger partial charge is 0.0675 e. The van der Waals surface area contributed by atoms with Crippen molar-refractivity contribution in [3.63, 3.8) is 0 Å². The molecule has 0 spiro atoms. The zero-order valence-corrected chi connectivity index (χ0v) is 13.9. The maximum Gasteiger partial charge on any atom is 0.0675 e. The van der Waals surface area contributed by atoms with Gasteiger partial charge in [-0.2, -0.15) is 0 Å². The van der Waals surface area contributed by atoms with E-state index in [-0.39, 0.29) is 0 Å². The second-order valence-corrected chi connectivity index (χ2v) is 8.44. The molecule has 0 amide bonds. The van der Waals surface area contributed by atoms with E-state index in [4.69, 9.17) is 4.74 Å². The molecule has 3 fully saturated rings. The lowest BCUT2D eigenvalue weighted by Gasteiger charge is -2.40. The predicted molar refractivity (Wildman–Crippen MR) is 83.8 cm³/mol. The second-order valence-electron chi connectivity index (χ2n) is 8.44. The van der Waals surface area contributed by atoms with Crippen LogP contribution in [0.2, 0.25) is 0 Å². The van der Waals surface area contributed by atoms with E-state index in [1.807, 2.05) is 0 Å². The fraction of sp³-hybridized carbons (Fsp3) is 1.00. The Hall–Kier alpha value is -0.0800. The summed E-state index contributed by atoms with van der Waals surface area (Å²) in [6, 6.07) is 0.758. The van der Waals surface area contributed by atoms with Gasteiger partial charge in [0.1, 0.15) is 0 Å². The summed E-state index contributed by atoms with van der Waals surface area (Å²) in [7, 11) is 0. The molecule has 2 nitrogen and oxygen atoms in total. The molecule has 0 aromatic heterocycles. The van der Waals surface area contributed by atoms with Gasteiger partial charge in [0.25, 0.3) is 0 Å². The minimum absolute atomic E-state index is 0.354. The van der Waals surface area contributed by atoms with Crippen molar-refractivity contribution in [1.82, 2.24) is 5.32 Å². The zero-order valence-electron chi connectivity index (χ0n) is 13.9. The molecule has 2 bridgehead atoms. The van der Waals surface area contributed by atoms with Gasteiger partial charge in [-0.25, -0.2) is 0 Å². The van der Waals surface area contributed by atoms with Crippen molar-refractivity contribution in [3.05, 3.63) is 0 Å². The van der Waals surface area contributed by atoms with E-state index in [0.29, 0.717) is 23.0 Å². The fourth-order valence-electron chi connectivity index (χ4n) is 5.13. The Morgan fingerprint density at radius 3 is 2.40 bits per heavy atom. The SMILES string of the molecule is CC(CNC1CCCC1)OC1CC2CCC1(C)C2(C)C. The molecular weight excluding hydrogens is 246 g/mol. The van der Waals surface area contributed by atoms with Crippen LogP contribution in [0.3, 0.4) is 0 Å². The summed E-state index contributed by atoms with van der Waals surface area (Å²) in [5.41, 5.74) is 0.871. The summed E-state index contributed by atoms with van der Waals surface area (Å²) < 4.78 is 6.48. The average Bonchev–Trinajstić information content (AvgIpc) is 3.02. The number of hydrogen-bond donors (Lipinski definition) is 1. The predicted octanol–water partition coefficient (Wildman–Crippen LogP) is 4.14. The van der Waals surface area contributed by atoms with Crippen LogP contribution in [0.25, 0.3) is 0 Å². The normalized spacial score (nSPS) is 41.4. The maximum absolute atomic E-state index is 6.48. The highest BCUT2D eigenvalue weighted by Crippen LogP contribution is 2.66. The summed E-state index contributed by atoms with van der Waals surface area (Å²) >= 11 is 0. The first-order chi connectivity index (χ1) is 9.43. The van der Waals surface area contributed by atoms with E-state index in [9.17, 15) is 0 Å². The van der Waals surface area contributed by atoms with E-state index in [0.717, 1.165) is 18.5 Å². The average molecular weight is 279 g/mol. The van der Waals surface area contributed by atoms with Crippen LogP contribution in [0.15, 0.2) is 0 Å². The molecule has 20 heavy (non-hydrogen) atoms. The maximum atomic E-state index is 6.48. The van der Waals surface area contributed by atoms with Gasteiger partial charge >= 0.3 is 0 Å². The van der Waals surface area contributed by atoms with Crippen LogP contribution in [-0.2, 0) is 4.74 Å².